The molecule has 5 nitrogen and oxygen atoms in total. The number of amides is 1. The van der Waals surface area contributed by atoms with E-state index < -0.39 is 5.41 Å². The Balaban J connectivity index is 1.41. The summed E-state index contributed by atoms with van der Waals surface area (Å²) in [6, 6.07) is 26.1. The molecule has 148 valence electrons. The maximum atomic E-state index is 13.0. The van der Waals surface area contributed by atoms with Gasteiger partial charge in [-0.05, 0) is 41.8 Å². The number of carbonyl (C=O) groups is 1. The monoisotopic (exact) mass is 395 g/mol. The summed E-state index contributed by atoms with van der Waals surface area (Å²) in [4.78, 5) is 14.7. The number of nitrogens with zero attached hydrogens (tertiary/aromatic N) is 3. The van der Waals surface area contributed by atoms with E-state index in [0.717, 1.165) is 27.9 Å². The number of carbonyl (C=O) groups excluding carboxylic acids is 1. The average Bonchev–Trinajstić information content (AvgIpc) is 3.33. The highest BCUT2D eigenvalue weighted by atomic mass is 16.4. The van der Waals surface area contributed by atoms with Crippen molar-refractivity contribution in [3.63, 3.8) is 0 Å². The lowest BCUT2D eigenvalue weighted by molar-refractivity contribution is -0.122. The zero-order valence-electron chi connectivity index (χ0n) is 16.9. The van der Waals surface area contributed by atoms with Crippen molar-refractivity contribution in [3.05, 3.63) is 90.3 Å². The number of likely N-dealkylation sites (N-methyl/N-ethyl adjacent to an activating group) is 1. The molecule has 5 rings (SSSR count). The summed E-state index contributed by atoms with van der Waals surface area (Å²) in [5, 5.41) is 8.45. The molecule has 0 radical (unpaired) electrons. The number of hydrogen-bond acceptors (Lipinski definition) is 4. The van der Waals surface area contributed by atoms with E-state index in [1.807, 2.05) is 73.7 Å². The first-order chi connectivity index (χ1) is 14.6. The topological polar surface area (TPSA) is 59.2 Å². The molecule has 0 unspecified atom stereocenters. The molecular weight excluding hydrogens is 374 g/mol. The molecule has 1 aromatic heterocycles. The molecule has 0 saturated heterocycles. The molecule has 1 amide bonds. The van der Waals surface area contributed by atoms with Crippen LogP contribution in [0, 0.1) is 0 Å². The van der Waals surface area contributed by atoms with Crippen molar-refractivity contribution in [2.45, 2.75) is 18.8 Å². The van der Waals surface area contributed by atoms with Crippen molar-refractivity contribution in [2.24, 2.45) is 0 Å². The molecule has 0 fully saturated rings. The Kier molecular flexibility index (Phi) is 4.24. The van der Waals surface area contributed by atoms with Gasteiger partial charge in [0.2, 0.25) is 17.7 Å². The van der Waals surface area contributed by atoms with E-state index in [2.05, 4.69) is 22.3 Å². The summed E-state index contributed by atoms with van der Waals surface area (Å²) >= 11 is 0. The molecule has 3 aromatic carbocycles. The van der Waals surface area contributed by atoms with Crippen LogP contribution in [0.5, 0.6) is 0 Å². The second-order valence-electron chi connectivity index (χ2n) is 7.83. The predicted octanol–water partition coefficient (Wildman–Crippen LogP) is 4.88. The molecule has 4 aromatic rings. The average molecular weight is 395 g/mol. The number of anilines is 1. The minimum atomic E-state index is -0.716. The zero-order valence-corrected chi connectivity index (χ0v) is 16.9. The third-order valence-corrected chi connectivity index (χ3v) is 5.85. The number of benzene rings is 3. The summed E-state index contributed by atoms with van der Waals surface area (Å²) in [6.07, 6.45) is 0.363. The maximum absolute atomic E-state index is 13.0. The Morgan fingerprint density at radius 3 is 2.23 bits per heavy atom. The molecular formula is C25H21N3O2. The van der Waals surface area contributed by atoms with Crippen molar-refractivity contribution in [2.75, 3.05) is 11.9 Å². The van der Waals surface area contributed by atoms with Crippen LogP contribution in [0.25, 0.3) is 22.6 Å². The SMILES string of the molecule is CN1C(=O)[C@](C)(Cc2nnc(-c3ccc(-c4ccccc4)cc3)o2)c2ccccc21. The molecule has 0 saturated carbocycles. The van der Waals surface area contributed by atoms with Crippen LogP contribution in [0.1, 0.15) is 18.4 Å². The molecule has 2 heterocycles. The van der Waals surface area contributed by atoms with Crippen LogP contribution in [0.4, 0.5) is 5.69 Å². The summed E-state index contributed by atoms with van der Waals surface area (Å²) in [5.74, 6) is 0.953. The molecule has 1 aliphatic heterocycles. The molecule has 0 aliphatic carbocycles. The molecule has 0 bridgehead atoms. The molecule has 1 atom stereocenters. The number of aromatic nitrogens is 2. The van der Waals surface area contributed by atoms with Crippen LogP contribution >= 0.6 is 0 Å². The van der Waals surface area contributed by atoms with Gasteiger partial charge in [0.15, 0.2) is 0 Å². The van der Waals surface area contributed by atoms with Crippen molar-refractivity contribution in [1.29, 1.82) is 0 Å². The van der Waals surface area contributed by atoms with Crippen LogP contribution in [-0.4, -0.2) is 23.2 Å². The first kappa shape index (κ1) is 18.3. The second kappa shape index (κ2) is 6.95. The van der Waals surface area contributed by atoms with Crippen molar-refractivity contribution < 1.29 is 9.21 Å². The predicted molar refractivity (Wildman–Crippen MR) is 116 cm³/mol. The van der Waals surface area contributed by atoms with Gasteiger partial charge in [-0.1, -0.05) is 60.7 Å². The zero-order chi connectivity index (χ0) is 20.7. The largest absolute Gasteiger partial charge is 0.421 e. The quantitative estimate of drug-likeness (QED) is 0.494. The van der Waals surface area contributed by atoms with Gasteiger partial charge in [-0.2, -0.15) is 0 Å². The minimum Gasteiger partial charge on any atom is -0.421 e. The highest BCUT2D eigenvalue weighted by Gasteiger charge is 2.46. The lowest BCUT2D eigenvalue weighted by Gasteiger charge is -2.21. The normalized spacial score (nSPS) is 17.9. The van der Waals surface area contributed by atoms with Crippen LogP contribution in [0.15, 0.2) is 83.3 Å². The highest BCUT2D eigenvalue weighted by Crippen LogP contribution is 2.42. The van der Waals surface area contributed by atoms with Gasteiger partial charge in [-0.25, -0.2) is 0 Å². The summed E-state index contributed by atoms with van der Waals surface area (Å²) in [6.45, 7) is 1.94. The molecule has 0 N–H and O–H groups in total. The third kappa shape index (κ3) is 2.90. The van der Waals surface area contributed by atoms with E-state index >= 15 is 0 Å². The van der Waals surface area contributed by atoms with E-state index in [0.29, 0.717) is 18.2 Å². The van der Waals surface area contributed by atoms with Gasteiger partial charge >= 0.3 is 0 Å². The van der Waals surface area contributed by atoms with E-state index in [4.69, 9.17) is 4.42 Å². The van der Waals surface area contributed by atoms with Gasteiger partial charge in [0, 0.05) is 24.7 Å². The van der Waals surface area contributed by atoms with Crippen molar-refractivity contribution >= 4 is 11.6 Å². The van der Waals surface area contributed by atoms with Gasteiger partial charge < -0.3 is 9.32 Å². The summed E-state index contributed by atoms with van der Waals surface area (Å²) < 4.78 is 5.95. The molecule has 5 heteroatoms. The van der Waals surface area contributed by atoms with Gasteiger partial charge in [-0.3, -0.25) is 4.79 Å². The minimum absolute atomic E-state index is 0.0377. The van der Waals surface area contributed by atoms with E-state index in [9.17, 15) is 4.79 Å². The third-order valence-electron chi connectivity index (χ3n) is 5.85. The number of rotatable bonds is 4. The Hall–Kier alpha value is -3.73. The van der Waals surface area contributed by atoms with Crippen LogP contribution in [-0.2, 0) is 16.6 Å². The second-order valence-corrected chi connectivity index (χ2v) is 7.83. The Bertz CT molecular complexity index is 1210. The molecule has 0 spiro atoms. The lowest BCUT2D eigenvalue weighted by atomic mass is 9.80. The van der Waals surface area contributed by atoms with Gasteiger partial charge in [-0.15, -0.1) is 10.2 Å². The Labute approximate surface area is 175 Å². The van der Waals surface area contributed by atoms with Crippen LogP contribution < -0.4 is 4.90 Å². The number of fused-ring (bicyclic) bond motifs is 1. The summed E-state index contributed by atoms with van der Waals surface area (Å²) in [7, 11) is 1.81. The van der Waals surface area contributed by atoms with Crippen molar-refractivity contribution in [3.8, 4) is 22.6 Å². The fourth-order valence-electron chi connectivity index (χ4n) is 4.18. The Morgan fingerprint density at radius 2 is 1.47 bits per heavy atom. The number of hydrogen-bond donors (Lipinski definition) is 0. The van der Waals surface area contributed by atoms with Crippen LogP contribution in [0.2, 0.25) is 0 Å². The first-order valence-corrected chi connectivity index (χ1v) is 9.92. The van der Waals surface area contributed by atoms with Crippen LogP contribution in [0.3, 0.4) is 0 Å². The van der Waals surface area contributed by atoms with E-state index in [1.165, 1.54) is 0 Å². The fourth-order valence-corrected chi connectivity index (χ4v) is 4.18. The number of para-hydroxylation sites is 1. The summed E-state index contributed by atoms with van der Waals surface area (Å²) in [5.41, 5.74) is 4.35. The van der Waals surface area contributed by atoms with E-state index in [1.54, 1.807) is 11.9 Å². The Morgan fingerprint density at radius 1 is 0.833 bits per heavy atom. The standard InChI is InChI=1S/C25H21N3O2/c1-25(20-10-6-7-11-21(20)28(2)24(25)29)16-22-26-27-23(30-22)19-14-12-18(13-15-19)17-8-4-3-5-9-17/h3-15H,16H2,1-2H3/t25-/m1/s1. The van der Waals surface area contributed by atoms with Gasteiger partial charge in [0.05, 0.1) is 5.41 Å². The maximum Gasteiger partial charge on any atom is 0.247 e. The van der Waals surface area contributed by atoms with Crippen molar-refractivity contribution in [1.82, 2.24) is 10.2 Å². The van der Waals surface area contributed by atoms with Gasteiger partial charge in [0.25, 0.3) is 0 Å². The lowest BCUT2D eigenvalue weighted by Crippen LogP contribution is -2.37. The molecule has 30 heavy (non-hydrogen) atoms. The van der Waals surface area contributed by atoms with E-state index in [-0.39, 0.29) is 5.91 Å². The molecule has 1 aliphatic rings. The highest BCUT2D eigenvalue weighted by molar-refractivity contribution is 6.07. The fraction of sp³-hybridized carbons (Fsp3) is 0.160. The first-order valence-electron chi connectivity index (χ1n) is 9.92. The van der Waals surface area contributed by atoms with Gasteiger partial charge in [0.1, 0.15) is 0 Å². The smallest absolute Gasteiger partial charge is 0.247 e.